The van der Waals surface area contributed by atoms with Crippen LogP contribution in [0, 0.1) is 0 Å². The Balaban J connectivity index is 1.91. The van der Waals surface area contributed by atoms with Gasteiger partial charge in [0.05, 0.1) is 24.3 Å². The molecule has 0 bridgehead atoms. The zero-order chi connectivity index (χ0) is 19.2. The summed E-state index contributed by atoms with van der Waals surface area (Å²) >= 11 is 1.38. The number of benzene rings is 2. The third-order valence-electron chi connectivity index (χ3n) is 4.01. The van der Waals surface area contributed by atoms with Gasteiger partial charge in [0.15, 0.2) is 5.17 Å². The number of carbonyl (C=O) groups excluding carboxylic acids is 1. The molecule has 1 aliphatic heterocycles. The molecule has 0 aliphatic carbocycles. The number of amides is 1. The standard InChI is InChI=1S/C21H22N2O3S/c1-4-23-20(24)19(14-15-8-6-7-9-18(15)26-5-2)27-21(23)22-16-10-12-17(25-3)13-11-16/h6-14H,4-5H2,1-3H3. The molecule has 1 saturated heterocycles. The summed E-state index contributed by atoms with van der Waals surface area (Å²) < 4.78 is 10.8. The van der Waals surface area contributed by atoms with Gasteiger partial charge in [0, 0.05) is 12.1 Å². The highest BCUT2D eigenvalue weighted by Gasteiger charge is 2.32. The molecule has 27 heavy (non-hydrogen) atoms. The molecule has 1 aliphatic rings. The van der Waals surface area contributed by atoms with Gasteiger partial charge >= 0.3 is 0 Å². The van der Waals surface area contributed by atoms with Gasteiger partial charge in [-0.1, -0.05) is 18.2 Å². The maximum Gasteiger partial charge on any atom is 0.266 e. The molecule has 6 heteroatoms. The summed E-state index contributed by atoms with van der Waals surface area (Å²) in [5.74, 6) is 1.50. The Labute approximate surface area is 163 Å². The van der Waals surface area contributed by atoms with Crippen molar-refractivity contribution in [3.63, 3.8) is 0 Å². The minimum Gasteiger partial charge on any atom is -0.497 e. The number of methoxy groups -OCH3 is 1. The molecule has 1 amide bonds. The number of para-hydroxylation sites is 1. The normalized spacial score (nSPS) is 17.0. The van der Waals surface area contributed by atoms with Crippen LogP contribution in [0.2, 0.25) is 0 Å². The summed E-state index contributed by atoms with van der Waals surface area (Å²) in [6.45, 7) is 5.02. The van der Waals surface area contributed by atoms with E-state index in [0.717, 1.165) is 22.7 Å². The number of thioether (sulfide) groups is 1. The van der Waals surface area contributed by atoms with Gasteiger partial charge in [0.1, 0.15) is 11.5 Å². The monoisotopic (exact) mass is 382 g/mol. The first kappa shape index (κ1) is 19.0. The summed E-state index contributed by atoms with van der Waals surface area (Å²) in [6.07, 6.45) is 1.87. The number of carbonyl (C=O) groups is 1. The van der Waals surface area contributed by atoms with Gasteiger partial charge < -0.3 is 9.47 Å². The lowest BCUT2D eigenvalue weighted by Gasteiger charge is -2.12. The molecule has 5 nitrogen and oxygen atoms in total. The lowest BCUT2D eigenvalue weighted by Crippen LogP contribution is -2.28. The number of rotatable bonds is 6. The second-order valence-corrected chi connectivity index (χ2v) is 6.73. The quantitative estimate of drug-likeness (QED) is 0.679. The van der Waals surface area contributed by atoms with Gasteiger partial charge in [0.2, 0.25) is 0 Å². The number of ether oxygens (including phenoxy) is 2. The van der Waals surface area contributed by atoms with E-state index in [4.69, 9.17) is 9.47 Å². The molecule has 0 saturated carbocycles. The van der Waals surface area contributed by atoms with Gasteiger partial charge in [-0.15, -0.1) is 0 Å². The van der Waals surface area contributed by atoms with Crippen molar-refractivity contribution in [1.29, 1.82) is 0 Å². The first-order valence-electron chi connectivity index (χ1n) is 8.82. The van der Waals surface area contributed by atoms with Crippen molar-refractivity contribution in [3.05, 3.63) is 59.0 Å². The lowest BCUT2D eigenvalue weighted by molar-refractivity contribution is -0.122. The van der Waals surface area contributed by atoms with Crippen molar-refractivity contribution in [2.75, 3.05) is 20.3 Å². The van der Waals surface area contributed by atoms with Gasteiger partial charge in [0.25, 0.3) is 5.91 Å². The van der Waals surface area contributed by atoms with Crippen LogP contribution in [-0.4, -0.2) is 36.2 Å². The van der Waals surface area contributed by atoms with Gasteiger partial charge in [-0.25, -0.2) is 4.99 Å². The summed E-state index contributed by atoms with van der Waals surface area (Å²) in [4.78, 5) is 19.8. The summed E-state index contributed by atoms with van der Waals surface area (Å²) in [6, 6.07) is 15.2. The molecule has 140 valence electrons. The molecule has 0 N–H and O–H groups in total. The van der Waals surface area contributed by atoms with Crippen LogP contribution in [0.3, 0.4) is 0 Å². The average molecular weight is 382 g/mol. The van der Waals surface area contributed by atoms with E-state index in [1.807, 2.05) is 68.5 Å². The van der Waals surface area contributed by atoms with Gasteiger partial charge in [-0.2, -0.15) is 0 Å². The van der Waals surface area contributed by atoms with E-state index in [9.17, 15) is 4.79 Å². The fourth-order valence-electron chi connectivity index (χ4n) is 2.67. The third-order valence-corrected chi connectivity index (χ3v) is 5.01. The van der Waals surface area contributed by atoms with E-state index in [1.54, 1.807) is 12.0 Å². The number of amidine groups is 1. The molecule has 1 fully saturated rings. The Morgan fingerprint density at radius 2 is 1.85 bits per heavy atom. The van der Waals surface area contributed by atoms with Crippen LogP contribution >= 0.6 is 11.8 Å². The second-order valence-electron chi connectivity index (χ2n) is 5.72. The van der Waals surface area contributed by atoms with Crippen LogP contribution in [0.1, 0.15) is 19.4 Å². The predicted octanol–water partition coefficient (Wildman–Crippen LogP) is 4.72. The molecule has 0 atom stereocenters. The maximum atomic E-state index is 12.8. The zero-order valence-electron chi connectivity index (χ0n) is 15.6. The van der Waals surface area contributed by atoms with E-state index in [1.165, 1.54) is 11.8 Å². The van der Waals surface area contributed by atoms with Crippen LogP contribution in [0.4, 0.5) is 5.69 Å². The third kappa shape index (κ3) is 4.34. The maximum absolute atomic E-state index is 12.8. The molecule has 2 aromatic rings. The summed E-state index contributed by atoms with van der Waals surface area (Å²) in [7, 11) is 1.63. The van der Waals surface area contributed by atoms with Gasteiger partial charge in [-0.3, -0.25) is 9.69 Å². The van der Waals surface area contributed by atoms with Crippen molar-refractivity contribution in [3.8, 4) is 11.5 Å². The highest BCUT2D eigenvalue weighted by Crippen LogP contribution is 2.35. The van der Waals surface area contributed by atoms with E-state index in [-0.39, 0.29) is 5.91 Å². The van der Waals surface area contributed by atoms with Crippen molar-refractivity contribution in [1.82, 2.24) is 4.90 Å². The molecular weight excluding hydrogens is 360 g/mol. The zero-order valence-corrected chi connectivity index (χ0v) is 16.5. The Kier molecular flexibility index (Phi) is 6.19. The molecule has 0 radical (unpaired) electrons. The van der Waals surface area contributed by atoms with E-state index in [2.05, 4.69) is 4.99 Å². The fraction of sp³-hybridized carbons (Fsp3) is 0.238. The molecule has 0 spiro atoms. The van der Waals surface area contributed by atoms with E-state index < -0.39 is 0 Å². The first-order chi connectivity index (χ1) is 13.2. The molecule has 0 unspecified atom stereocenters. The van der Waals surface area contributed by atoms with Crippen LogP contribution in [0.15, 0.2) is 58.4 Å². The Morgan fingerprint density at radius 3 is 2.52 bits per heavy atom. The number of hydrogen-bond acceptors (Lipinski definition) is 5. The van der Waals surface area contributed by atoms with Gasteiger partial charge in [-0.05, 0) is 62.0 Å². The molecule has 2 aromatic carbocycles. The lowest BCUT2D eigenvalue weighted by atomic mass is 10.2. The summed E-state index contributed by atoms with van der Waals surface area (Å²) in [5, 5.41) is 0.674. The Hall–Kier alpha value is -2.73. The van der Waals surface area contributed by atoms with Crippen LogP contribution in [-0.2, 0) is 4.79 Å². The molecule has 1 heterocycles. The topological polar surface area (TPSA) is 51.1 Å². The second kappa shape index (κ2) is 8.77. The molecular formula is C21H22N2O3S. The largest absolute Gasteiger partial charge is 0.497 e. The highest BCUT2D eigenvalue weighted by molar-refractivity contribution is 8.18. The van der Waals surface area contributed by atoms with Crippen molar-refractivity contribution in [2.45, 2.75) is 13.8 Å². The average Bonchev–Trinajstić information content (AvgIpc) is 2.98. The van der Waals surface area contributed by atoms with Crippen molar-refractivity contribution in [2.24, 2.45) is 4.99 Å². The minimum atomic E-state index is -0.0407. The van der Waals surface area contributed by atoms with Crippen molar-refractivity contribution >= 4 is 34.6 Å². The SMILES string of the molecule is CCOc1ccccc1C=C1SC(=Nc2ccc(OC)cc2)N(CC)C1=O. The van der Waals surface area contributed by atoms with Crippen LogP contribution in [0.25, 0.3) is 6.08 Å². The predicted molar refractivity (Wildman–Crippen MR) is 111 cm³/mol. The first-order valence-corrected chi connectivity index (χ1v) is 9.63. The molecule has 0 aromatic heterocycles. The van der Waals surface area contributed by atoms with E-state index >= 15 is 0 Å². The number of aliphatic imine (C=N–C) groups is 1. The van der Waals surface area contributed by atoms with Crippen LogP contribution < -0.4 is 9.47 Å². The Bertz CT molecular complexity index is 875. The number of nitrogens with zero attached hydrogens (tertiary/aromatic N) is 2. The smallest absolute Gasteiger partial charge is 0.266 e. The Morgan fingerprint density at radius 1 is 1.11 bits per heavy atom. The summed E-state index contributed by atoms with van der Waals surface area (Å²) in [5.41, 5.74) is 1.66. The van der Waals surface area contributed by atoms with Crippen molar-refractivity contribution < 1.29 is 14.3 Å². The highest BCUT2D eigenvalue weighted by atomic mass is 32.2. The molecule has 3 rings (SSSR count). The minimum absolute atomic E-state index is 0.0407. The fourth-order valence-corrected chi connectivity index (χ4v) is 3.72. The number of likely N-dealkylation sites (N-methyl/N-ethyl adjacent to an activating group) is 1. The number of hydrogen-bond donors (Lipinski definition) is 0. The van der Waals surface area contributed by atoms with Crippen LogP contribution in [0.5, 0.6) is 11.5 Å². The van der Waals surface area contributed by atoms with E-state index in [0.29, 0.717) is 23.2 Å².